The fraction of sp³-hybridized carbons (Fsp3) is 0.217. The number of hydrogen-bond acceptors (Lipinski definition) is 6. The molecule has 1 saturated heterocycles. The number of likely N-dealkylation sites (N-methyl/N-ethyl adjacent to an activating group) is 1. The molecule has 3 atom stereocenters. The van der Waals surface area contributed by atoms with Gasteiger partial charge in [-0.2, -0.15) is 0 Å². The first-order valence-corrected chi connectivity index (χ1v) is 10.9. The summed E-state index contributed by atoms with van der Waals surface area (Å²) in [5, 5.41) is 16.0. The molecule has 7 nitrogen and oxygen atoms in total. The van der Waals surface area contributed by atoms with Crippen molar-refractivity contribution in [1.82, 2.24) is 4.90 Å². The molecule has 1 aromatic heterocycles. The maximum Gasteiger partial charge on any atom is 0.269 e. The molecule has 1 fully saturated rings. The van der Waals surface area contributed by atoms with Crippen LogP contribution in [0, 0.1) is 21.8 Å². The van der Waals surface area contributed by atoms with E-state index < -0.39 is 34.0 Å². The minimum atomic E-state index is -1.42. The monoisotopic (exact) mass is 451 g/mol. The van der Waals surface area contributed by atoms with E-state index >= 15 is 0 Å². The molecule has 0 bridgehead atoms. The number of nitro benzene ring substituents is 1. The van der Waals surface area contributed by atoms with Gasteiger partial charge in [0.25, 0.3) is 5.69 Å². The van der Waals surface area contributed by atoms with Gasteiger partial charge in [0, 0.05) is 35.8 Å². The van der Waals surface area contributed by atoms with Crippen molar-refractivity contribution in [2.75, 3.05) is 18.9 Å². The number of carbonyl (C=O) groups excluding carboxylic acids is 2. The van der Waals surface area contributed by atoms with Crippen LogP contribution in [0.5, 0.6) is 0 Å². The van der Waals surface area contributed by atoms with Gasteiger partial charge in [-0.3, -0.25) is 24.6 Å². The molecule has 0 radical (unpaired) electrons. The highest BCUT2D eigenvalue weighted by Crippen LogP contribution is 2.56. The molecule has 2 aromatic carbocycles. The summed E-state index contributed by atoms with van der Waals surface area (Å²) in [4.78, 5) is 40.4. The number of nitro groups is 1. The summed E-state index contributed by atoms with van der Waals surface area (Å²) in [6.07, 6.45) is 0. The molecule has 1 amide bonds. The van der Waals surface area contributed by atoms with Crippen molar-refractivity contribution in [1.29, 1.82) is 0 Å². The topological polar surface area (TPSA) is 92.5 Å². The van der Waals surface area contributed by atoms with Gasteiger partial charge in [0.15, 0.2) is 5.78 Å². The number of amides is 1. The largest absolute Gasteiger partial charge is 0.324 e. The number of likely N-dealkylation sites (tertiary alicyclic amines) is 1. The van der Waals surface area contributed by atoms with Crippen LogP contribution in [-0.2, 0) is 10.3 Å². The van der Waals surface area contributed by atoms with E-state index in [2.05, 4.69) is 5.32 Å². The predicted octanol–water partition coefficient (Wildman–Crippen LogP) is 4.17. The van der Waals surface area contributed by atoms with E-state index in [1.807, 2.05) is 0 Å². The molecule has 0 aliphatic carbocycles. The Kier molecular flexibility index (Phi) is 4.68. The minimum absolute atomic E-state index is 0.0873. The smallest absolute Gasteiger partial charge is 0.269 e. The Labute approximate surface area is 186 Å². The Hall–Kier alpha value is -3.43. The number of benzene rings is 2. The number of anilines is 1. The van der Waals surface area contributed by atoms with E-state index in [9.17, 15) is 24.1 Å². The van der Waals surface area contributed by atoms with Crippen LogP contribution < -0.4 is 5.32 Å². The van der Waals surface area contributed by atoms with Crippen molar-refractivity contribution in [3.05, 3.63) is 91.9 Å². The summed E-state index contributed by atoms with van der Waals surface area (Å²) >= 11 is 1.27. The lowest BCUT2D eigenvalue weighted by Crippen LogP contribution is -2.51. The van der Waals surface area contributed by atoms with Gasteiger partial charge >= 0.3 is 0 Å². The fourth-order valence-electron chi connectivity index (χ4n) is 5.15. The maximum atomic E-state index is 14.3. The Morgan fingerprint density at radius 1 is 1.25 bits per heavy atom. The Balaban J connectivity index is 1.74. The summed E-state index contributed by atoms with van der Waals surface area (Å²) in [7, 11) is 1.73. The highest BCUT2D eigenvalue weighted by molar-refractivity contribution is 7.12. The average molecular weight is 451 g/mol. The van der Waals surface area contributed by atoms with Crippen LogP contribution in [0.15, 0.2) is 60.0 Å². The van der Waals surface area contributed by atoms with Crippen molar-refractivity contribution in [2.45, 2.75) is 11.5 Å². The highest BCUT2D eigenvalue weighted by Gasteiger charge is 2.64. The normalized spacial score (nSPS) is 24.5. The first-order valence-electron chi connectivity index (χ1n) is 9.99. The van der Waals surface area contributed by atoms with E-state index in [1.165, 1.54) is 41.7 Å². The van der Waals surface area contributed by atoms with Crippen LogP contribution in [-0.4, -0.2) is 35.1 Å². The zero-order valence-electron chi connectivity index (χ0n) is 16.9. The van der Waals surface area contributed by atoms with Crippen molar-refractivity contribution in [3.8, 4) is 0 Å². The zero-order valence-corrected chi connectivity index (χ0v) is 17.8. The second kappa shape index (κ2) is 7.32. The molecule has 1 spiro atoms. The average Bonchev–Trinajstić information content (AvgIpc) is 3.47. The number of hydrogen-bond donors (Lipinski definition) is 1. The summed E-state index contributed by atoms with van der Waals surface area (Å²) in [6.45, 7) is 0.298. The van der Waals surface area contributed by atoms with Crippen molar-refractivity contribution in [2.24, 2.45) is 5.92 Å². The second-order valence-corrected chi connectivity index (χ2v) is 9.02. The molecule has 32 heavy (non-hydrogen) atoms. The van der Waals surface area contributed by atoms with Gasteiger partial charge in [-0.25, -0.2) is 4.39 Å². The van der Waals surface area contributed by atoms with Crippen molar-refractivity contribution >= 4 is 34.4 Å². The quantitative estimate of drug-likeness (QED) is 0.365. The van der Waals surface area contributed by atoms with E-state index in [-0.39, 0.29) is 11.5 Å². The SMILES string of the molecule is CN1CC(c2cccc([N+](=O)[O-])c2)C(C(=O)c2cccs2)C12C(=O)Nc1ccc(F)cc12. The van der Waals surface area contributed by atoms with Gasteiger partial charge in [-0.1, -0.05) is 18.2 Å². The molecule has 3 unspecified atom stereocenters. The number of thiophene rings is 1. The van der Waals surface area contributed by atoms with Gasteiger partial charge in [-0.15, -0.1) is 11.3 Å². The van der Waals surface area contributed by atoms with Crippen LogP contribution >= 0.6 is 11.3 Å². The second-order valence-electron chi connectivity index (χ2n) is 8.07. The molecule has 3 heterocycles. The third-order valence-corrected chi connectivity index (χ3v) is 7.35. The van der Waals surface area contributed by atoms with E-state index in [0.717, 1.165) is 0 Å². The van der Waals surface area contributed by atoms with Crippen LogP contribution in [0.25, 0.3) is 0 Å². The predicted molar refractivity (Wildman–Crippen MR) is 117 cm³/mol. The number of halogens is 1. The molecule has 0 saturated carbocycles. The third-order valence-electron chi connectivity index (χ3n) is 6.47. The molecule has 162 valence electrons. The number of Topliss-reactive ketones (excluding diaryl/α,β-unsaturated/α-hetero) is 1. The minimum Gasteiger partial charge on any atom is -0.324 e. The van der Waals surface area contributed by atoms with Gasteiger partial charge in [-0.05, 0) is 42.3 Å². The first kappa shape index (κ1) is 20.5. The summed E-state index contributed by atoms with van der Waals surface area (Å²) < 4.78 is 14.3. The van der Waals surface area contributed by atoms with Crippen LogP contribution in [0.2, 0.25) is 0 Å². The number of nitrogens with one attached hydrogen (secondary N) is 1. The molecule has 2 aliphatic rings. The number of carbonyl (C=O) groups is 2. The number of rotatable bonds is 4. The fourth-order valence-corrected chi connectivity index (χ4v) is 5.86. The van der Waals surface area contributed by atoms with Gasteiger partial charge in [0.1, 0.15) is 11.4 Å². The Morgan fingerprint density at radius 2 is 2.06 bits per heavy atom. The third kappa shape index (κ3) is 2.81. The molecule has 3 aromatic rings. The van der Waals surface area contributed by atoms with Gasteiger partial charge < -0.3 is 5.32 Å². The lowest BCUT2D eigenvalue weighted by Gasteiger charge is -2.35. The van der Waals surface area contributed by atoms with Crippen LogP contribution in [0.4, 0.5) is 15.8 Å². The molecule has 1 N–H and O–H groups in total. The lowest BCUT2D eigenvalue weighted by molar-refractivity contribution is -0.384. The van der Waals surface area contributed by atoms with Crippen molar-refractivity contribution in [3.63, 3.8) is 0 Å². The van der Waals surface area contributed by atoms with Crippen LogP contribution in [0.1, 0.15) is 26.7 Å². The van der Waals surface area contributed by atoms with Crippen molar-refractivity contribution < 1.29 is 18.9 Å². The molecule has 2 aliphatic heterocycles. The zero-order chi connectivity index (χ0) is 22.6. The van der Waals surface area contributed by atoms with Crippen LogP contribution in [0.3, 0.4) is 0 Å². The van der Waals surface area contributed by atoms with Gasteiger partial charge in [0.05, 0.1) is 15.7 Å². The number of non-ortho nitro benzene ring substituents is 1. The highest BCUT2D eigenvalue weighted by atomic mass is 32.1. The Morgan fingerprint density at radius 3 is 2.78 bits per heavy atom. The number of ketones is 1. The standard InChI is InChI=1S/C23H18FN3O4S/c1-26-12-16(13-4-2-5-15(10-13)27(30)31)20(21(28)19-6-3-9-32-19)23(26)17-11-14(24)7-8-18(17)25-22(23)29/h2-11,16,20H,12H2,1H3,(H,25,29). The van der Waals surface area contributed by atoms with E-state index in [4.69, 9.17) is 0 Å². The number of nitrogens with zero attached hydrogens (tertiary/aromatic N) is 2. The molecular weight excluding hydrogens is 433 g/mol. The molecule has 9 heteroatoms. The summed E-state index contributed by atoms with van der Waals surface area (Å²) in [5.74, 6) is -2.55. The van der Waals surface area contributed by atoms with Gasteiger partial charge in [0.2, 0.25) is 5.91 Å². The molecule has 5 rings (SSSR count). The molecular formula is C23H18FN3O4S. The van der Waals surface area contributed by atoms with E-state index in [0.29, 0.717) is 28.2 Å². The van der Waals surface area contributed by atoms with E-state index in [1.54, 1.807) is 41.6 Å². The summed E-state index contributed by atoms with van der Waals surface area (Å²) in [5.41, 5.74) is -0.0423. The number of fused-ring (bicyclic) bond motifs is 2. The Bertz CT molecular complexity index is 1260. The first-order chi connectivity index (χ1) is 15.3. The maximum absolute atomic E-state index is 14.3. The summed E-state index contributed by atoms with van der Waals surface area (Å²) in [6, 6.07) is 13.7. The lowest BCUT2D eigenvalue weighted by atomic mass is 9.71.